The molecule has 1 saturated heterocycles. The van der Waals surface area contributed by atoms with Crippen molar-refractivity contribution in [3.05, 3.63) is 24.3 Å². The van der Waals surface area contributed by atoms with Gasteiger partial charge in [0.2, 0.25) is 0 Å². The zero-order valence-electron chi connectivity index (χ0n) is 10.8. The van der Waals surface area contributed by atoms with E-state index < -0.39 is 0 Å². The fourth-order valence-electron chi connectivity index (χ4n) is 2.30. The van der Waals surface area contributed by atoms with Crippen LogP contribution in [0.2, 0.25) is 0 Å². The van der Waals surface area contributed by atoms with E-state index in [4.69, 9.17) is 4.74 Å². The van der Waals surface area contributed by atoms with Crippen molar-refractivity contribution in [2.45, 2.75) is 25.8 Å². The average Bonchev–Trinajstić information content (AvgIpc) is 2.64. The Bertz CT molecular complexity index is 337. The molecule has 1 aliphatic rings. The van der Waals surface area contributed by atoms with E-state index in [1.54, 1.807) is 7.11 Å². The molecule has 0 bridgehead atoms. The van der Waals surface area contributed by atoms with Crippen LogP contribution in [-0.4, -0.2) is 32.8 Å². The summed E-state index contributed by atoms with van der Waals surface area (Å²) < 4.78 is 5.19. The SMILES string of the molecule is CCC1CN(c2ccc(OC)cc2)CCCN1. The van der Waals surface area contributed by atoms with E-state index in [0.29, 0.717) is 6.04 Å². The van der Waals surface area contributed by atoms with Crippen molar-refractivity contribution in [1.82, 2.24) is 5.32 Å². The molecule has 1 aromatic rings. The van der Waals surface area contributed by atoms with Gasteiger partial charge >= 0.3 is 0 Å². The van der Waals surface area contributed by atoms with E-state index in [1.165, 1.54) is 18.5 Å². The van der Waals surface area contributed by atoms with Crippen molar-refractivity contribution in [3.8, 4) is 5.75 Å². The third-order valence-corrected chi connectivity index (χ3v) is 3.41. The van der Waals surface area contributed by atoms with E-state index >= 15 is 0 Å². The van der Waals surface area contributed by atoms with Gasteiger partial charge in [-0.25, -0.2) is 0 Å². The highest BCUT2D eigenvalue weighted by Gasteiger charge is 2.16. The summed E-state index contributed by atoms with van der Waals surface area (Å²) in [5.74, 6) is 0.925. The lowest BCUT2D eigenvalue weighted by Crippen LogP contribution is -2.37. The molecule has 0 amide bonds. The number of benzene rings is 1. The van der Waals surface area contributed by atoms with Crippen LogP contribution in [0.4, 0.5) is 5.69 Å². The molecule has 1 aromatic carbocycles. The molecule has 3 nitrogen and oxygen atoms in total. The van der Waals surface area contributed by atoms with Crippen LogP contribution < -0.4 is 15.0 Å². The van der Waals surface area contributed by atoms with E-state index in [1.807, 2.05) is 12.1 Å². The zero-order chi connectivity index (χ0) is 12.1. The molecule has 1 fully saturated rings. The standard InChI is InChI=1S/C14H22N2O/c1-3-12-11-16(10-4-9-15-12)13-5-7-14(17-2)8-6-13/h5-8,12,15H,3-4,9-11H2,1-2H3. The Morgan fingerprint density at radius 3 is 2.76 bits per heavy atom. The van der Waals surface area contributed by atoms with Gasteiger partial charge in [0, 0.05) is 24.8 Å². The molecular weight excluding hydrogens is 212 g/mol. The first-order valence-electron chi connectivity index (χ1n) is 6.46. The monoisotopic (exact) mass is 234 g/mol. The molecular formula is C14H22N2O. The van der Waals surface area contributed by atoms with Gasteiger partial charge < -0.3 is 15.0 Å². The second kappa shape index (κ2) is 5.92. The summed E-state index contributed by atoms with van der Waals surface area (Å²) in [6, 6.07) is 8.98. The van der Waals surface area contributed by atoms with Gasteiger partial charge in [-0.05, 0) is 43.7 Å². The summed E-state index contributed by atoms with van der Waals surface area (Å²) in [4.78, 5) is 2.47. The second-order valence-electron chi connectivity index (χ2n) is 4.56. The summed E-state index contributed by atoms with van der Waals surface area (Å²) in [5.41, 5.74) is 1.30. The minimum Gasteiger partial charge on any atom is -0.497 e. The topological polar surface area (TPSA) is 24.5 Å². The Morgan fingerprint density at radius 1 is 1.35 bits per heavy atom. The van der Waals surface area contributed by atoms with Crippen LogP contribution in [-0.2, 0) is 0 Å². The molecule has 1 aliphatic heterocycles. The molecule has 0 saturated carbocycles. The number of rotatable bonds is 3. The van der Waals surface area contributed by atoms with Gasteiger partial charge in [-0.3, -0.25) is 0 Å². The molecule has 1 heterocycles. The van der Waals surface area contributed by atoms with Gasteiger partial charge in [0.05, 0.1) is 7.11 Å². The Morgan fingerprint density at radius 2 is 2.12 bits per heavy atom. The molecule has 3 heteroatoms. The fraction of sp³-hybridized carbons (Fsp3) is 0.571. The first kappa shape index (κ1) is 12.2. The maximum atomic E-state index is 5.19. The summed E-state index contributed by atoms with van der Waals surface area (Å²) in [5, 5.41) is 3.59. The van der Waals surface area contributed by atoms with Gasteiger partial charge in [-0.15, -0.1) is 0 Å². The smallest absolute Gasteiger partial charge is 0.119 e. The van der Waals surface area contributed by atoms with Crippen LogP contribution in [0.15, 0.2) is 24.3 Å². The molecule has 0 spiro atoms. The molecule has 1 atom stereocenters. The van der Waals surface area contributed by atoms with Crippen molar-refractivity contribution in [2.75, 3.05) is 31.6 Å². The summed E-state index contributed by atoms with van der Waals surface area (Å²) in [6.45, 7) is 5.61. The average molecular weight is 234 g/mol. The third-order valence-electron chi connectivity index (χ3n) is 3.41. The van der Waals surface area contributed by atoms with E-state index in [9.17, 15) is 0 Å². The third kappa shape index (κ3) is 3.13. The summed E-state index contributed by atoms with van der Waals surface area (Å²) in [6.07, 6.45) is 2.40. The number of nitrogens with one attached hydrogen (secondary N) is 1. The van der Waals surface area contributed by atoms with Crippen LogP contribution in [0.3, 0.4) is 0 Å². The normalized spacial score (nSPS) is 21.1. The highest BCUT2D eigenvalue weighted by molar-refractivity contribution is 5.49. The van der Waals surface area contributed by atoms with Crippen molar-refractivity contribution >= 4 is 5.69 Å². The Kier molecular flexibility index (Phi) is 4.26. The lowest BCUT2D eigenvalue weighted by molar-refractivity contribution is 0.415. The minimum atomic E-state index is 0.611. The maximum Gasteiger partial charge on any atom is 0.119 e. The highest BCUT2D eigenvalue weighted by atomic mass is 16.5. The Hall–Kier alpha value is -1.22. The first-order chi connectivity index (χ1) is 8.33. The second-order valence-corrected chi connectivity index (χ2v) is 4.56. The van der Waals surface area contributed by atoms with Crippen LogP contribution in [0.5, 0.6) is 5.75 Å². The number of anilines is 1. The molecule has 0 radical (unpaired) electrons. The van der Waals surface area contributed by atoms with E-state index in [-0.39, 0.29) is 0 Å². The maximum absolute atomic E-state index is 5.19. The van der Waals surface area contributed by atoms with Crippen LogP contribution in [0.1, 0.15) is 19.8 Å². The van der Waals surface area contributed by atoms with Crippen molar-refractivity contribution in [2.24, 2.45) is 0 Å². The zero-order valence-corrected chi connectivity index (χ0v) is 10.8. The number of hydrogen-bond donors (Lipinski definition) is 1. The molecule has 1 unspecified atom stereocenters. The largest absolute Gasteiger partial charge is 0.497 e. The van der Waals surface area contributed by atoms with E-state index in [2.05, 4.69) is 29.3 Å². The summed E-state index contributed by atoms with van der Waals surface area (Å²) in [7, 11) is 1.71. The van der Waals surface area contributed by atoms with Crippen LogP contribution in [0.25, 0.3) is 0 Å². The Balaban J connectivity index is 2.08. The predicted octanol–water partition coefficient (Wildman–Crippen LogP) is 2.27. The van der Waals surface area contributed by atoms with Gasteiger partial charge in [0.25, 0.3) is 0 Å². The quantitative estimate of drug-likeness (QED) is 0.868. The van der Waals surface area contributed by atoms with Crippen molar-refractivity contribution in [1.29, 1.82) is 0 Å². The van der Waals surface area contributed by atoms with Crippen molar-refractivity contribution < 1.29 is 4.74 Å². The lowest BCUT2D eigenvalue weighted by atomic mass is 10.2. The lowest BCUT2D eigenvalue weighted by Gasteiger charge is -2.26. The Labute approximate surface area is 104 Å². The van der Waals surface area contributed by atoms with Crippen LogP contribution >= 0.6 is 0 Å². The van der Waals surface area contributed by atoms with E-state index in [0.717, 1.165) is 25.4 Å². The summed E-state index contributed by atoms with van der Waals surface area (Å²) >= 11 is 0. The molecule has 0 aliphatic carbocycles. The molecule has 2 rings (SSSR count). The van der Waals surface area contributed by atoms with Crippen molar-refractivity contribution in [3.63, 3.8) is 0 Å². The minimum absolute atomic E-state index is 0.611. The molecule has 94 valence electrons. The van der Waals surface area contributed by atoms with Gasteiger partial charge in [0.1, 0.15) is 5.75 Å². The molecule has 17 heavy (non-hydrogen) atoms. The fourth-order valence-corrected chi connectivity index (χ4v) is 2.30. The number of hydrogen-bond acceptors (Lipinski definition) is 3. The van der Waals surface area contributed by atoms with Gasteiger partial charge in [0.15, 0.2) is 0 Å². The van der Waals surface area contributed by atoms with Crippen LogP contribution in [0, 0.1) is 0 Å². The van der Waals surface area contributed by atoms with Gasteiger partial charge in [-0.1, -0.05) is 6.92 Å². The van der Waals surface area contributed by atoms with Gasteiger partial charge in [-0.2, -0.15) is 0 Å². The number of ether oxygens (including phenoxy) is 1. The first-order valence-corrected chi connectivity index (χ1v) is 6.46. The molecule has 1 N–H and O–H groups in total. The molecule has 0 aromatic heterocycles. The highest BCUT2D eigenvalue weighted by Crippen LogP contribution is 2.20. The number of methoxy groups -OCH3 is 1. The number of nitrogens with zero attached hydrogens (tertiary/aromatic N) is 1. The predicted molar refractivity (Wildman–Crippen MR) is 71.9 cm³/mol.